The third kappa shape index (κ3) is 1.70. The molecule has 15 heavy (non-hydrogen) atoms. The van der Waals surface area contributed by atoms with E-state index < -0.39 is 0 Å². The van der Waals surface area contributed by atoms with Crippen molar-refractivity contribution in [1.82, 2.24) is 15.3 Å². The first-order valence-corrected chi connectivity index (χ1v) is 6.14. The Hall–Kier alpha value is -1.13. The van der Waals surface area contributed by atoms with Gasteiger partial charge >= 0.3 is 0 Å². The molecular weight excluding hydrogens is 206 g/mol. The van der Waals surface area contributed by atoms with Crippen molar-refractivity contribution in [3.63, 3.8) is 0 Å². The van der Waals surface area contributed by atoms with Crippen LogP contribution >= 0.6 is 11.3 Å². The minimum Gasteiger partial charge on any atom is -0.359 e. The highest BCUT2D eigenvalue weighted by Crippen LogP contribution is 2.28. The number of aromatic amines is 1. The van der Waals surface area contributed by atoms with Gasteiger partial charge in [-0.1, -0.05) is 0 Å². The topological polar surface area (TPSA) is 40.7 Å². The molecule has 1 saturated heterocycles. The summed E-state index contributed by atoms with van der Waals surface area (Å²) in [6.07, 6.45) is 4.41. The molecule has 1 aliphatic heterocycles. The molecule has 0 aromatic carbocycles. The Labute approximate surface area is 92.6 Å². The fourth-order valence-corrected chi connectivity index (χ4v) is 2.83. The van der Waals surface area contributed by atoms with E-state index in [2.05, 4.69) is 26.7 Å². The summed E-state index contributed by atoms with van der Waals surface area (Å²) in [5.41, 5.74) is 2.31. The molecule has 0 saturated carbocycles. The number of rotatable bonds is 2. The molecule has 1 aliphatic rings. The van der Waals surface area contributed by atoms with Gasteiger partial charge in [0.05, 0.1) is 17.4 Å². The van der Waals surface area contributed by atoms with Crippen LogP contribution in [0.4, 0.5) is 0 Å². The molecule has 3 rings (SSSR count). The van der Waals surface area contributed by atoms with Gasteiger partial charge in [0, 0.05) is 11.6 Å². The quantitative estimate of drug-likeness (QED) is 0.815. The van der Waals surface area contributed by atoms with Crippen molar-refractivity contribution in [1.29, 1.82) is 0 Å². The van der Waals surface area contributed by atoms with Gasteiger partial charge in [-0.2, -0.15) is 0 Å². The lowest BCUT2D eigenvalue weighted by atomic mass is 10.2. The van der Waals surface area contributed by atoms with Gasteiger partial charge in [0.15, 0.2) is 0 Å². The summed E-state index contributed by atoms with van der Waals surface area (Å²) in [5.74, 6) is 0. The first-order chi connectivity index (χ1) is 7.43. The summed E-state index contributed by atoms with van der Waals surface area (Å²) in [6.45, 7) is 1.13. The summed E-state index contributed by atoms with van der Waals surface area (Å²) in [7, 11) is 0. The smallest absolute Gasteiger partial charge is 0.139 e. The van der Waals surface area contributed by atoms with Crippen LogP contribution in [0.15, 0.2) is 23.7 Å². The van der Waals surface area contributed by atoms with E-state index in [-0.39, 0.29) is 0 Å². The highest BCUT2D eigenvalue weighted by Gasteiger charge is 2.19. The fraction of sp³-hybridized carbons (Fsp3) is 0.364. The number of nitrogens with one attached hydrogen (secondary N) is 2. The van der Waals surface area contributed by atoms with Gasteiger partial charge in [-0.05, 0) is 31.5 Å². The van der Waals surface area contributed by atoms with Gasteiger partial charge in [-0.3, -0.25) is 0 Å². The summed E-state index contributed by atoms with van der Waals surface area (Å²) < 4.78 is 0. The zero-order valence-electron chi connectivity index (χ0n) is 8.36. The van der Waals surface area contributed by atoms with Crippen LogP contribution in [-0.4, -0.2) is 16.5 Å². The lowest BCUT2D eigenvalue weighted by Crippen LogP contribution is -2.12. The minimum absolute atomic E-state index is 0.477. The predicted molar refractivity (Wildman–Crippen MR) is 61.9 cm³/mol. The fourth-order valence-electron chi connectivity index (χ4n) is 1.97. The Bertz CT molecular complexity index is 426. The Kier molecular flexibility index (Phi) is 2.31. The lowest BCUT2D eigenvalue weighted by Gasteiger charge is -2.04. The SMILES string of the molecule is c1c[nH]c(-c2nc(C3CCCN3)cs2)c1. The van der Waals surface area contributed by atoms with Crippen molar-refractivity contribution < 1.29 is 0 Å². The first kappa shape index (κ1) is 9.12. The van der Waals surface area contributed by atoms with Gasteiger partial charge in [-0.15, -0.1) is 11.3 Å². The molecule has 0 amide bonds. The molecule has 0 spiro atoms. The number of nitrogens with zero attached hydrogens (tertiary/aromatic N) is 1. The Morgan fingerprint density at radius 2 is 2.47 bits per heavy atom. The highest BCUT2D eigenvalue weighted by molar-refractivity contribution is 7.13. The molecule has 1 atom stereocenters. The highest BCUT2D eigenvalue weighted by atomic mass is 32.1. The number of hydrogen-bond donors (Lipinski definition) is 2. The van der Waals surface area contributed by atoms with Gasteiger partial charge in [0.1, 0.15) is 5.01 Å². The maximum absolute atomic E-state index is 4.66. The Morgan fingerprint density at radius 3 is 3.20 bits per heavy atom. The Balaban J connectivity index is 1.87. The summed E-state index contributed by atoms with van der Waals surface area (Å²) in [4.78, 5) is 7.84. The van der Waals surface area contributed by atoms with E-state index in [0.29, 0.717) is 6.04 Å². The molecule has 1 fully saturated rings. The second-order valence-corrected chi connectivity index (χ2v) is 4.67. The predicted octanol–water partition coefficient (Wildman–Crippen LogP) is 2.56. The van der Waals surface area contributed by atoms with Crippen LogP contribution in [0.1, 0.15) is 24.6 Å². The lowest BCUT2D eigenvalue weighted by molar-refractivity contribution is 0.632. The van der Waals surface area contributed by atoms with Crippen LogP contribution in [0, 0.1) is 0 Å². The van der Waals surface area contributed by atoms with Crippen LogP contribution < -0.4 is 5.32 Å². The standard InChI is InChI=1S/C11H13N3S/c1-3-8(12-5-1)10-7-15-11(14-10)9-4-2-6-13-9/h2,4,6-8,12-13H,1,3,5H2. The van der Waals surface area contributed by atoms with Crippen molar-refractivity contribution in [3.05, 3.63) is 29.4 Å². The molecule has 1 unspecified atom stereocenters. The van der Waals surface area contributed by atoms with E-state index in [1.807, 2.05) is 12.3 Å². The summed E-state index contributed by atoms with van der Waals surface area (Å²) >= 11 is 1.71. The molecule has 0 aliphatic carbocycles. The van der Waals surface area contributed by atoms with Crippen molar-refractivity contribution in [2.75, 3.05) is 6.54 Å². The normalized spacial score (nSPS) is 20.9. The van der Waals surface area contributed by atoms with E-state index in [1.54, 1.807) is 11.3 Å². The Morgan fingerprint density at radius 1 is 1.47 bits per heavy atom. The molecule has 4 heteroatoms. The molecule has 0 bridgehead atoms. The summed E-state index contributed by atoms with van der Waals surface area (Å²) in [5, 5.41) is 6.72. The zero-order valence-corrected chi connectivity index (χ0v) is 9.18. The van der Waals surface area contributed by atoms with Crippen molar-refractivity contribution in [2.45, 2.75) is 18.9 Å². The van der Waals surface area contributed by atoms with Crippen LogP contribution in [0.3, 0.4) is 0 Å². The number of hydrogen-bond acceptors (Lipinski definition) is 3. The van der Waals surface area contributed by atoms with E-state index in [0.717, 1.165) is 17.2 Å². The molecule has 3 heterocycles. The van der Waals surface area contributed by atoms with E-state index in [9.17, 15) is 0 Å². The van der Waals surface area contributed by atoms with E-state index >= 15 is 0 Å². The monoisotopic (exact) mass is 219 g/mol. The third-order valence-electron chi connectivity index (χ3n) is 2.77. The second kappa shape index (κ2) is 3.79. The average Bonchev–Trinajstić information content (AvgIpc) is 3.02. The molecular formula is C11H13N3S. The largest absolute Gasteiger partial charge is 0.359 e. The van der Waals surface area contributed by atoms with Gasteiger partial charge in [-0.25, -0.2) is 4.98 Å². The number of aromatic nitrogens is 2. The number of thiazole rings is 1. The van der Waals surface area contributed by atoms with Gasteiger partial charge in [0.2, 0.25) is 0 Å². The van der Waals surface area contributed by atoms with E-state index in [1.165, 1.54) is 18.5 Å². The van der Waals surface area contributed by atoms with Crippen LogP contribution in [0.2, 0.25) is 0 Å². The maximum atomic E-state index is 4.66. The summed E-state index contributed by atoms with van der Waals surface area (Å²) in [6, 6.07) is 4.54. The molecule has 2 aromatic heterocycles. The minimum atomic E-state index is 0.477. The first-order valence-electron chi connectivity index (χ1n) is 5.26. The van der Waals surface area contributed by atoms with Crippen LogP contribution in [-0.2, 0) is 0 Å². The van der Waals surface area contributed by atoms with Gasteiger partial charge < -0.3 is 10.3 Å². The molecule has 2 aromatic rings. The van der Waals surface area contributed by atoms with Crippen LogP contribution in [0.25, 0.3) is 10.7 Å². The molecule has 3 nitrogen and oxygen atoms in total. The van der Waals surface area contributed by atoms with Crippen molar-refractivity contribution in [3.8, 4) is 10.7 Å². The third-order valence-corrected chi connectivity index (χ3v) is 3.66. The van der Waals surface area contributed by atoms with Crippen LogP contribution in [0.5, 0.6) is 0 Å². The molecule has 0 radical (unpaired) electrons. The second-order valence-electron chi connectivity index (χ2n) is 3.81. The molecule has 2 N–H and O–H groups in total. The number of H-pyrrole nitrogens is 1. The average molecular weight is 219 g/mol. The zero-order chi connectivity index (χ0) is 10.1. The molecule has 78 valence electrons. The van der Waals surface area contributed by atoms with E-state index in [4.69, 9.17) is 0 Å². The van der Waals surface area contributed by atoms with Crippen molar-refractivity contribution in [2.24, 2.45) is 0 Å². The van der Waals surface area contributed by atoms with Gasteiger partial charge in [0.25, 0.3) is 0 Å². The van der Waals surface area contributed by atoms with Crippen molar-refractivity contribution >= 4 is 11.3 Å². The maximum Gasteiger partial charge on any atom is 0.139 e.